The van der Waals surface area contributed by atoms with E-state index in [0.29, 0.717) is 11.1 Å². The van der Waals surface area contributed by atoms with Gasteiger partial charge in [-0.05, 0) is 50.0 Å². The Bertz CT molecular complexity index is 438. The first-order chi connectivity index (χ1) is 8.66. The highest BCUT2D eigenvalue weighted by Gasteiger charge is 2.20. The zero-order valence-electron chi connectivity index (χ0n) is 10.6. The van der Waals surface area contributed by atoms with Gasteiger partial charge in [0.1, 0.15) is 0 Å². The summed E-state index contributed by atoms with van der Waals surface area (Å²) in [4.78, 5) is 14.0. The second-order valence-corrected chi connectivity index (χ2v) is 5.20. The fraction of sp³-hybridized carbons (Fsp3) is 0.400. The fourth-order valence-electron chi connectivity index (χ4n) is 2.26. The lowest BCUT2D eigenvalue weighted by molar-refractivity contribution is -0.129. The maximum absolute atomic E-state index is 12.1. The second-order valence-electron chi connectivity index (χ2n) is 4.76. The van der Waals surface area contributed by atoms with E-state index in [2.05, 4.69) is 6.92 Å². The van der Waals surface area contributed by atoms with Gasteiger partial charge in [-0.2, -0.15) is 0 Å². The molecule has 96 valence electrons. The fourth-order valence-corrected chi connectivity index (χ4v) is 2.39. The van der Waals surface area contributed by atoms with Crippen LogP contribution in [0.25, 0.3) is 6.08 Å². The molecule has 1 atom stereocenters. The molecule has 1 aliphatic heterocycles. The Morgan fingerprint density at radius 2 is 2.06 bits per heavy atom. The molecular weight excluding hydrogens is 246 g/mol. The van der Waals surface area contributed by atoms with Crippen molar-refractivity contribution >= 4 is 23.6 Å². The number of likely N-dealkylation sites (tertiary alicyclic amines) is 1. The average molecular weight is 264 g/mol. The number of amides is 1. The van der Waals surface area contributed by atoms with E-state index in [-0.39, 0.29) is 5.91 Å². The molecule has 0 saturated carbocycles. The number of halogens is 1. The summed E-state index contributed by atoms with van der Waals surface area (Å²) < 4.78 is 0. The molecule has 0 aliphatic carbocycles. The molecule has 1 heterocycles. The van der Waals surface area contributed by atoms with Gasteiger partial charge in [0.05, 0.1) is 0 Å². The molecule has 1 fully saturated rings. The maximum Gasteiger partial charge on any atom is 0.246 e. The summed E-state index contributed by atoms with van der Waals surface area (Å²) in [5, 5.41) is 0.711. The Balaban J connectivity index is 1.99. The summed E-state index contributed by atoms with van der Waals surface area (Å²) in [7, 11) is 0. The maximum atomic E-state index is 12.1. The number of hydrogen-bond acceptors (Lipinski definition) is 1. The molecule has 1 amide bonds. The van der Waals surface area contributed by atoms with Crippen LogP contribution in [0, 0.1) is 0 Å². The minimum atomic E-state index is 0.108. The van der Waals surface area contributed by atoms with Crippen LogP contribution in [0.15, 0.2) is 30.3 Å². The Hall–Kier alpha value is -1.28. The van der Waals surface area contributed by atoms with Crippen molar-refractivity contribution in [3.05, 3.63) is 40.9 Å². The molecule has 2 nitrogen and oxygen atoms in total. The van der Waals surface area contributed by atoms with E-state index in [9.17, 15) is 4.79 Å². The zero-order chi connectivity index (χ0) is 13.0. The highest BCUT2D eigenvalue weighted by Crippen LogP contribution is 2.17. The second kappa shape index (κ2) is 6.05. The van der Waals surface area contributed by atoms with Crippen molar-refractivity contribution < 1.29 is 4.79 Å². The third kappa shape index (κ3) is 3.36. The molecule has 0 unspecified atom stereocenters. The van der Waals surface area contributed by atoms with E-state index in [1.54, 1.807) is 6.08 Å². The number of benzene rings is 1. The lowest BCUT2D eigenvalue weighted by atomic mass is 10.0. The molecule has 1 aromatic carbocycles. The molecule has 1 saturated heterocycles. The highest BCUT2D eigenvalue weighted by molar-refractivity contribution is 6.30. The number of carbonyl (C=O) groups is 1. The number of carbonyl (C=O) groups excluding carboxylic acids is 1. The zero-order valence-corrected chi connectivity index (χ0v) is 11.4. The predicted octanol–water partition coefficient (Wildman–Crippen LogP) is 3.75. The van der Waals surface area contributed by atoms with Crippen LogP contribution in [0.5, 0.6) is 0 Å². The summed E-state index contributed by atoms with van der Waals surface area (Å²) in [6.45, 7) is 3.00. The lowest BCUT2D eigenvalue weighted by Gasteiger charge is -2.32. The first-order valence-electron chi connectivity index (χ1n) is 6.41. The van der Waals surface area contributed by atoms with Crippen LogP contribution in [0.1, 0.15) is 31.7 Å². The van der Waals surface area contributed by atoms with Crippen LogP contribution in [0.3, 0.4) is 0 Å². The van der Waals surface area contributed by atoms with Gasteiger partial charge in [-0.25, -0.2) is 0 Å². The molecule has 0 radical (unpaired) electrons. The van der Waals surface area contributed by atoms with Crippen LogP contribution in [-0.2, 0) is 4.79 Å². The Labute approximate surface area is 113 Å². The number of rotatable bonds is 2. The smallest absolute Gasteiger partial charge is 0.246 e. The third-order valence-corrected chi connectivity index (χ3v) is 3.63. The molecule has 0 aromatic heterocycles. The standard InChI is InChI=1S/C15H18ClNO/c1-12-4-2-3-11-17(12)15(18)10-7-13-5-8-14(16)9-6-13/h5-10,12H,2-4,11H2,1H3/b10-7+/t12-/m0/s1. The van der Waals surface area contributed by atoms with Gasteiger partial charge in [-0.1, -0.05) is 23.7 Å². The van der Waals surface area contributed by atoms with Crippen LogP contribution in [-0.4, -0.2) is 23.4 Å². The molecular formula is C15H18ClNO. The lowest BCUT2D eigenvalue weighted by Crippen LogP contribution is -2.41. The van der Waals surface area contributed by atoms with E-state index in [4.69, 9.17) is 11.6 Å². The Morgan fingerprint density at radius 1 is 1.33 bits per heavy atom. The highest BCUT2D eigenvalue weighted by atomic mass is 35.5. The van der Waals surface area contributed by atoms with Crippen LogP contribution in [0.2, 0.25) is 5.02 Å². The summed E-state index contributed by atoms with van der Waals surface area (Å²) in [6, 6.07) is 7.84. The molecule has 18 heavy (non-hydrogen) atoms. The van der Waals surface area contributed by atoms with Gasteiger partial charge in [0.15, 0.2) is 0 Å². The Morgan fingerprint density at radius 3 is 2.72 bits per heavy atom. The monoisotopic (exact) mass is 263 g/mol. The quantitative estimate of drug-likeness (QED) is 0.744. The SMILES string of the molecule is C[C@H]1CCCCN1C(=O)/C=C/c1ccc(Cl)cc1. The van der Waals surface area contributed by atoms with E-state index >= 15 is 0 Å². The van der Waals surface area contributed by atoms with Crippen molar-refractivity contribution in [2.75, 3.05) is 6.54 Å². The van der Waals surface area contributed by atoms with Gasteiger partial charge in [-0.3, -0.25) is 4.79 Å². The minimum absolute atomic E-state index is 0.108. The van der Waals surface area contributed by atoms with Crippen molar-refractivity contribution in [2.24, 2.45) is 0 Å². The first kappa shape index (κ1) is 13.2. The summed E-state index contributed by atoms with van der Waals surface area (Å²) in [5.74, 6) is 0.108. The van der Waals surface area contributed by atoms with Crippen molar-refractivity contribution in [2.45, 2.75) is 32.2 Å². The topological polar surface area (TPSA) is 20.3 Å². The summed E-state index contributed by atoms with van der Waals surface area (Å²) >= 11 is 5.82. The van der Waals surface area contributed by atoms with Gasteiger partial charge in [0.25, 0.3) is 0 Å². The van der Waals surface area contributed by atoms with Gasteiger partial charge >= 0.3 is 0 Å². The van der Waals surface area contributed by atoms with Crippen molar-refractivity contribution in [3.8, 4) is 0 Å². The van der Waals surface area contributed by atoms with E-state index < -0.39 is 0 Å². The van der Waals surface area contributed by atoms with Gasteiger partial charge in [-0.15, -0.1) is 0 Å². The van der Waals surface area contributed by atoms with Crippen LogP contribution in [0.4, 0.5) is 0 Å². The van der Waals surface area contributed by atoms with E-state index in [1.165, 1.54) is 6.42 Å². The third-order valence-electron chi connectivity index (χ3n) is 3.37. The van der Waals surface area contributed by atoms with Crippen molar-refractivity contribution in [3.63, 3.8) is 0 Å². The Kier molecular flexibility index (Phi) is 4.43. The van der Waals surface area contributed by atoms with Crippen molar-refractivity contribution in [1.29, 1.82) is 0 Å². The van der Waals surface area contributed by atoms with Crippen LogP contribution >= 0.6 is 11.6 Å². The number of hydrogen-bond donors (Lipinski definition) is 0. The van der Waals surface area contributed by atoms with E-state index in [1.807, 2.05) is 35.2 Å². The summed E-state index contributed by atoms with van der Waals surface area (Å²) in [5.41, 5.74) is 0.998. The molecule has 0 spiro atoms. The largest absolute Gasteiger partial charge is 0.336 e. The average Bonchev–Trinajstić information content (AvgIpc) is 2.38. The normalized spacial score (nSPS) is 20.3. The predicted molar refractivity (Wildman–Crippen MR) is 75.5 cm³/mol. The van der Waals surface area contributed by atoms with Gasteiger partial charge < -0.3 is 4.90 Å². The number of nitrogens with zero attached hydrogens (tertiary/aromatic N) is 1. The van der Waals surface area contributed by atoms with E-state index in [0.717, 1.165) is 24.9 Å². The molecule has 0 N–H and O–H groups in total. The molecule has 0 bridgehead atoms. The summed E-state index contributed by atoms with van der Waals surface area (Å²) in [6.07, 6.45) is 6.96. The molecule has 1 aliphatic rings. The number of piperidine rings is 1. The molecule has 2 rings (SSSR count). The van der Waals surface area contributed by atoms with Crippen molar-refractivity contribution in [1.82, 2.24) is 4.90 Å². The molecule has 3 heteroatoms. The minimum Gasteiger partial charge on any atom is -0.336 e. The molecule has 1 aromatic rings. The van der Waals surface area contributed by atoms with Crippen LogP contribution < -0.4 is 0 Å². The first-order valence-corrected chi connectivity index (χ1v) is 6.79. The van der Waals surface area contributed by atoms with Gasteiger partial charge in [0.2, 0.25) is 5.91 Å². The van der Waals surface area contributed by atoms with Gasteiger partial charge in [0, 0.05) is 23.7 Å².